The summed E-state index contributed by atoms with van der Waals surface area (Å²) in [6.45, 7) is 4.64. The van der Waals surface area contributed by atoms with Crippen LogP contribution in [0.4, 0.5) is 0 Å². The van der Waals surface area contributed by atoms with Gasteiger partial charge in [-0.3, -0.25) is 4.79 Å². The van der Waals surface area contributed by atoms with Crippen molar-refractivity contribution in [1.29, 1.82) is 0 Å². The third-order valence-electron chi connectivity index (χ3n) is 3.97. The molecule has 1 amide bonds. The van der Waals surface area contributed by atoms with Crippen LogP contribution < -0.4 is 0 Å². The second-order valence-corrected chi connectivity index (χ2v) is 5.60. The lowest BCUT2D eigenvalue weighted by atomic mass is 10.1. The molecule has 0 spiro atoms. The molecule has 0 radical (unpaired) electrons. The van der Waals surface area contributed by atoms with Gasteiger partial charge in [-0.25, -0.2) is 9.67 Å². The van der Waals surface area contributed by atoms with Crippen molar-refractivity contribution >= 4 is 5.91 Å². The molecule has 1 aliphatic rings. The van der Waals surface area contributed by atoms with Crippen molar-refractivity contribution in [3.05, 3.63) is 47.5 Å². The zero-order valence-corrected chi connectivity index (χ0v) is 13.4. The molecule has 0 unspecified atom stereocenters. The maximum absolute atomic E-state index is 12.0. The summed E-state index contributed by atoms with van der Waals surface area (Å²) in [7, 11) is 0. The molecule has 0 saturated carbocycles. The lowest BCUT2D eigenvalue weighted by Crippen LogP contribution is -2.36. The molecule has 6 nitrogen and oxygen atoms in total. The number of rotatable bonds is 5. The highest BCUT2D eigenvalue weighted by molar-refractivity contribution is 5.77. The van der Waals surface area contributed by atoms with E-state index < -0.39 is 0 Å². The molecule has 0 fully saturated rings. The van der Waals surface area contributed by atoms with Crippen LogP contribution in [0.5, 0.6) is 0 Å². The summed E-state index contributed by atoms with van der Waals surface area (Å²) in [6.07, 6.45) is 1.48. The van der Waals surface area contributed by atoms with Gasteiger partial charge < -0.3 is 9.64 Å². The summed E-state index contributed by atoms with van der Waals surface area (Å²) < 4.78 is 7.14. The molecule has 2 aromatic rings. The molecule has 0 atom stereocenters. The van der Waals surface area contributed by atoms with Crippen LogP contribution in [0.2, 0.25) is 0 Å². The Labute approximate surface area is 136 Å². The monoisotopic (exact) mass is 314 g/mol. The van der Waals surface area contributed by atoms with Crippen molar-refractivity contribution in [2.24, 2.45) is 0 Å². The first kappa shape index (κ1) is 15.7. The predicted octanol–water partition coefficient (Wildman–Crippen LogP) is 1.29. The number of carbonyl (C=O) groups excluding carboxylic acids is 1. The Morgan fingerprint density at radius 1 is 1.22 bits per heavy atom. The summed E-state index contributed by atoms with van der Waals surface area (Å²) in [5, 5.41) is 4.60. The molecule has 122 valence electrons. The minimum Gasteiger partial charge on any atom is -0.372 e. The van der Waals surface area contributed by atoms with Gasteiger partial charge >= 0.3 is 0 Å². The van der Waals surface area contributed by atoms with E-state index in [2.05, 4.69) is 22.2 Å². The van der Waals surface area contributed by atoms with Crippen LogP contribution in [0.15, 0.2) is 30.3 Å². The topological polar surface area (TPSA) is 60.2 Å². The Morgan fingerprint density at radius 2 is 2.04 bits per heavy atom. The van der Waals surface area contributed by atoms with Crippen LogP contribution in [0.1, 0.15) is 24.1 Å². The number of hydrogen-bond donors (Lipinski definition) is 0. The van der Waals surface area contributed by atoms with Gasteiger partial charge in [0.1, 0.15) is 12.4 Å². The average molecular weight is 314 g/mol. The lowest BCUT2D eigenvalue weighted by Gasteiger charge is -2.19. The van der Waals surface area contributed by atoms with Crippen molar-refractivity contribution in [1.82, 2.24) is 19.7 Å². The molecule has 1 aromatic heterocycles. The van der Waals surface area contributed by atoms with E-state index in [1.165, 1.54) is 5.56 Å². The van der Waals surface area contributed by atoms with Crippen LogP contribution >= 0.6 is 0 Å². The third-order valence-corrected chi connectivity index (χ3v) is 3.97. The Bertz CT molecular complexity index is 628. The van der Waals surface area contributed by atoms with Crippen LogP contribution in [-0.2, 0) is 28.9 Å². The van der Waals surface area contributed by atoms with E-state index in [-0.39, 0.29) is 12.5 Å². The summed E-state index contributed by atoms with van der Waals surface area (Å²) in [5.74, 6) is 1.85. The second-order valence-electron chi connectivity index (χ2n) is 5.60. The summed E-state index contributed by atoms with van der Waals surface area (Å²) in [4.78, 5) is 18.5. The molecule has 3 rings (SSSR count). The molecule has 0 aliphatic carbocycles. The Balaban J connectivity index is 1.62. The Kier molecular flexibility index (Phi) is 5.02. The van der Waals surface area contributed by atoms with Crippen molar-refractivity contribution < 1.29 is 9.53 Å². The molecule has 0 bridgehead atoms. The number of nitrogens with zero attached hydrogens (tertiary/aromatic N) is 4. The maximum Gasteiger partial charge on any atom is 0.248 e. The van der Waals surface area contributed by atoms with Gasteiger partial charge in [0.25, 0.3) is 0 Å². The molecule has 1 aliphatic heterocycles. The molecule has 2 heterocycles. The van der Waals surface area contributed by atoms with Crippen LogP contribution in [0.3, 0.4) is 0 Å². The molecule has 1 aromatic carbocycles. The fourth-order valence-electron chi connectivity index (χ4n) is 2.74. The first-order valence-corrected chi connectivity index (χ1v) is 8.08. The smallest absolute Gasteiger partial charge is 0.248 e. The van der Waals surface area contributed by atoms with Gasteiger partial charge in [-0.1, -0.05) is 30.3 Å². The lowest BCUT2D eigenvalue weighted by molar-refractivity contribution is -0.136. The van der Waals surface area contributed by atoms with Gasteiger partial charge in [0, 0.05) is 32.5 Å². The second kappa shape index (κ2) is 7.37. The predicted molar refractivity (Wildman–Crippen MR) is 86.0 cm³/mol. The molecule has 0 saturated heterocycles. The fraction of sp³-hybridized carbons (Fsp3) is 0.471. The standard InChI is InChI=1S/C17H22N4O2/c1-2-23-13-17(22)20-9-8-16-18-15(19-21(16)11-10-20)12-14-6-4-3-5-7-14/h3-7H,2,8-13H2,1H3. The Hall–Kier alpha value is -2.21. The van der Waals surface area contributed by atoms with E-state index >= 15 is 0 Å². The number of hydrogen-bond acceptors (Lipinski definition) is 4. The fourth-order valence-corrected chi connectivity index (χ4v) is 2.74. The number of fused-ring (bicyclic) bond motifs is 1. The third kappa shape index (κ3) is 3.96. The number of amides is 1. The molecule has 23 heavy (non-hydrogen) atoms. The van der Waals surface area contributed by atoms with Crippen LogP contribution in [0, 0.1) is 0 Å². The van der Waals surface area contributed by atoms with E-state index in [1.807, 2.05) is 34.7 Å². The number of ether oxygens (including phenoxy) is 1. The van der Waals surface area contributed by atoms with E-state index in [0.29, 0.717) is 26.2 Å². The van der Waals surface area contributed by atoms with E-state index in [4.69, 9.17) is 4.74 Å². The highest BCUT2D eigenvalue weighted by Gasteiger charge is 2.20. The zero-order valence-electron chi connectivity index (χ0n) is 13.4. The van der Waals surface area contributed by atoms with Gasteiger partial charge in [0.2, 0.25) is 5.91 Å². The van der Waals surface area contributed by atoms with Gasteiger partial charge in [0.05, 0.1) is 6.54 Å². The van der Waals surface area contributed by atoms with Gasteiger partial charge in [-0.05, 0) is 12.5 Å². The summed E-state index contributed by atoms with van der Waals surface area (Å²) in [6, 6.07) is 10.2. The average Bonchev–Trinajstić information content (AvgIpc) is 2.84. The van der Waals surface area contributed by atoms with Gasteiger partial charge in [-0.2, -0.15) is 5.10 Å². The zero-order chi connectivity index (χ0) is 16.1. The minimum absolute atomic E-state index is 0.0436. The maximum atomic E-state index is 12.0. The minimum atomic E-state index is 0.0436. The SMILES string of the molecule is CCOCC(=O)N1CCc2nc(Cc3ccccc3)nn2CC1. The number of carbonyl (C=O) groups is 1. The van der Waals surface area contributed by atoms with Crippen molar-refractivity contribution in [3.63, 3.8) is 0 Å². The first-order chi connectivity index (χ1) is 11.3. The highest BCUT2D eigenvalue weighted by Crippen LogP contribution is 2.11. The molecule has 0 N–H and O–H groups in total. The summed E-state index contributed by atoms with van der Waals surface area (Å²) in [5.41, 5.74) is 1.21. The van der Waals surface area contributed by atoms with E-state index in [1.54, 1.807) is 0 Å². The van der Waals surface area contributed by atoms with Crippen LogP contribution in [0.25, 0.3) is 0 Å². The van der Waals surface area contributed by atoms with Crippen molar-refractivity contribution in [3.8, 4) is 0 Å². The first-order valence-electron chi connectivity index (χ1n) is 8.08. The molecular formula is C17H22N4O2. The number of benzene rings is 1. The normalized spacial score (nSPS) is 14.4. The molecular weight excluding hydrogens is 292 g/mol. The van der Waals surface area contributed by atoms with Gasteiger partial charge in [-0.15, -0.1) is 0 Å². The number of aromatic nitrogens is 3. The molecule has 6 heteroatoms. The van der Waals surface area contributed by atoms with Crippen molar-refractivity contribution in [2.75, 3.05) is 26.3 Å². The van der Waals surface area contributed by atoms with E-state index in [9.17, 15) is 4.79 Å². The summed E-state index contributed by atoms with van der Waals surface area (Å²) >= 11 is 0. The largest absolute Gasteiger partial charge is 0.372 e. The van der Waals surface area contributed by atoms with Crippen LogP contribution in [-0.4, -0.2) is 51.9 Å². The Morgan fingerprint density at radius 3 is 2.83 bits per heavy atom. The highest BCUT2D eigenvalue weighted by atomic mass is 16.5. The van der Waals surface area contributed by atoms with Crippen molar-refractivity contribution in [2.45, 2.75) is 26.3 Å². The van der Waals surface area contributed by atoms with Gasteiger partial charge in [0.15, 0.2) is 5.82 Å². The van der Waals surface area contributed by atoms with E-state index in [0.717, 1.165) is 24.5 Å². The quantitative estimate of drug-likeness (QED) is 0.834.